The number of benzene rings is 3. The Morgan fingerprint density at radius 3 is 2.67 bits per heavy atom. The monoisotopic (exact) mass is 439 g/mol. The lowest BCUT2D eigenvalue weighted by molar-refractivity contribution is -0.384. The van der Waals surface area contributed by atoms with Crippen molar-refractivity contribution in [2.24, 2.45) is 5.10 Å². The number of hydrogen-bond donors (Lipinski definition) is 1. The Labute approximate surface area is 187 Å². The molecular formula is C25H17N3O5. The first kappa shape index (κ1) is 20.2. The van der Waals surface area contributed by atoms with Gasteiger partial charge in [-0.05, 0) is 53.6 Å². The highest BCUT2D eigenvalue weighted by Crippen LogP contribution is 2.29. The highest BCUT2D eigenvalue weighted by atomic mass is 16.6. The van der Waals surface area contributed by atoms with Gasteiger partial charge in [-0.2, -0.15) is 5.10 Å². The summed E-state index contributed by atoms with van der Waals surface area (Å²) in [6.07, 6.45) is 1.38. The minimum Gasteiger partial charge on any atom is -0.455 e. The first-order valence-electron chi connectivity index (χ1n) is 10.1. The molecule has 0 aliphatic rings. The minimum absolute atomic E-state index is 0.0193. The van der Waals surface area contributed by atoms with Crippen molar-refractivity contribution in [2.45, 2.75) is 6.92 Å². The van der Waals surface area contributed by atoms with E-state index in [1.54, 1.807) is 31.2 Å². The van der Waals surface area contributed by atoms with Gasteiger partial charge in [-0.3, -0.25) is 14.9 Å². The van der Waals surface area contributed by atoms with E-state index in [-0.39, 0.29) is 11.4 Å². The van der Waals surface area contributed by atoms with Crippen LogP contribution in [0.3, 0.4) is 0 Å². The average Bonchev–Trinajstić information content (AvgIpc) is 3.46. The van der Waals surface area contributed by atoms with Crippen LogP contribution in [0.25, 0.3) is 33.1 Å². The molecule has 0 saturated carbocycles. The van der Waals surface area contributed by atoms with Crippen LogP contribution in [0.4, 0.5) is 5.69 Å². The first-order chi connectivity index (χ1) is 16.0. The number of fused-ring (bicyclic) bond motifs is 3. The quantitative estimate of drug-likeness (QED) is 0.210. The second-order valence-corrected chi connectivity index (χ2v) is 7.47. The van der Waals surface area contributed by atoms with E-state index in [1.807, 2.05) is 36.4 Å². The van der Waals surface area contributed by atoms with Crippen LogP contribution in [0, 0.1) is 17.0 Å². The summed E-state index contributed by atoms with van der Waals surface area (Å²) in [5, 5.41) is 17.8. The van der Waals surface area contributed by atoms with Gasteiger partial charge in [-0.1, -0.05) is 30.3 Å². The highest BCUT2D eigenvalue weighted by molar-refractivity contribution is 6.08. The maximum atomic E-state index is 12.5. The van der Waals surface area contributed by atoms with Gasteiger partial charge in [0.1, 0.15) is 17.1 Å². The summed E-state index contributed by atoms with van der Waals surface area (Å²) in [5.41, 5.74) is 4.53. The molecular weight excluding hydrogens is 422 g/mol. The van der Waals surface area contributed by atoms with Gasteiger partial charge >= 0.3 is 5.91 Å². The molecule has 0 bridgehead atoms. The average molecular weight is 439 g/mol. The maximum Gasteiger partial charge on any atom is 0.307 e. The van der Waals surface area contributed by atoms with Crippen molar-refractivity contribution in [3.8, 4) is 11.3 Å². The zero-order chi connectivity index (χ0) is 22.9. The van der Waals surface area contributed by atoms with Crippen molar-refractivity contribution in [1.82, 2.24) is 5.43 Å². The first-order valence-corrected chi connectivity index (χ1v) is 10.1. The van der Waals surface area contributed by atoms with Crippen LogP contribution in [0.2, 0.25) is 0 Å². The van der Waals surface area contributed by atoms with Crippen LogP contribution >= 0.6 is 0 Å². The molecule has 2 heterocycles. The van der Waals surface area contributed by atoms with Gasteiger partial charge in [0.05, 0.1) is 11.1 Å². The number of non-ortho nitro benzene ring substituents is 1. The summed E-state index contributed by atoms with van der Waals surface area (Å²) in [5.74, 6) is 0.627. The number of carbonyl (C=O) groups excluding carboxylic acids is 1. The van der Waals surface area contributed by atoms with Crippen molar-refractivity contribution in [1.29, 1.82) is 0 Å². The fourth-order valence-electron chi connectivity index (χ4n) is 3.72. The number of nitro groups is 1. The normalized spacial score (nSPS) is 11.4. The largest absolute Gasteiger partial charge is 0.455 e. The molecule has 8 heteroatoms. The van der Waals surface area contributed by atoms with E-state index in [0.29, 0.717) is 22.7 Å². The molecule has 0 radical (unpaired) electrons. The summed E-state index contributed by atoms with van der Waals surface area (Å²) in [4.78, 5) is 23.0. The Balaban J connectivity index is 1.31. The number of furan rings is 2. The second kappa shape index (κ2) is 8.08. The van der Waals surface area contributed by atoms with Gasteiger partial charge in [0.25, 0.3) is 5.69 Å². The highest BCUT2D eigenvalue weighted by Gasteiger charge is 2.14. The second-order valence-electron chi connectivity index (χ2n) is 7.47. The molecule has 0 saturated heterocycles. The fourth-order valence-corrected chi connectivity index (χ4v) is 3.72. The summed E-state index contributed by atoms with van der Waals surface area (Å²) >= 11 is 0. The number of rotatable bonds is 5. The lowest BCUT2D eigenvalue weighted by atomic mass is 10.1. The van der Waals surface area contributed by atoms with Crippen LogP contribution in [0.5, 0.6) is 0 Å². The molecule has 0 spiro atoms. The van der Waals surface area contributed by atoms with E-state index in [9.17, 15) is 14.9 Å². The predicted molar refractivity (Wildman–Crippen MR) is 124 cm³/mol. The van der Waals surface area contributed by atoms with Crippen molar-refractivity contribution >= 4 is 39.6 Å². The van der Waals surface area contributed by atoms with Gasteiger partial charge in [0, 0.05) is 23.1 Å². The maximum absolute atomic E-state index is 12.5. The van der Waals surface area contributed by atoms with Crippen molar-refractivity contribution in [3.05, 3.63) is 100.0 Å². The summed E-state index contributed by atoms with van der Waals surface area (Å²) < 4.78 is 11.4. The Kier molecular flexibility index (Phi) is 4.95. The van der Waals surface area contributed by atoms with E-state index >= 15 is 0 Å². The SMILES string of the molecule is Cc1cc([N+](=O)[O-])ccc1-c1ccc(/C=N\NC(=O)c2cc3c(ccc4ccccc43)o2)o1. The van der Waals surface area contributed by atoms with E-state index in [4.69, 9.17) is 8.83 Å². The predicted octanol–water partition coefficient (Wildman–Crippen LogP) is 5.83. The number of hydrogen-bond acceptors (Lipinski definition) is 6. The summed E-state index contributed by atoms with van der Waals surface area (Å²) in [6, 6.07) is 21.3. The molecule has 1 amide bonds. The molecule has 1 N–H and O–H groups in total. The topological polar surface area (TPSA) is 111 Å². The Bertz CT molecular complexity index is 1560. The molecule has 0 fully saturated rings. The Morgan fingerprint density at radius 1 is 1.00 bits per heavy atom. The number of nitrogens with zero attached hydrogens (tertiary/aromatic N) is 2. The number of amides is 1. The van der Waals surface area contributed by atoms with Crippen LogP contribution in [0.15, 0.2) is 86.7 Å². The zero-order valence-corrected chi connectivity index (χ0v) is 17.4. The van der Waals surface area contributed by atoms with E-state index in [2.05, 4.69) is 10.5 Å². The van der Waals surface area contributed by atoms with Crippen molar-refractivity contribution in [3.63, 3.8) is 0 Å². The molecule has 5 rings (SSSR count). The molecule has 8 nitrogen and oxygen atoms in total. The smallest absolute Gasteiger partial charge is 0.307 e. The standard InChI is InChI=1S/C25H17N3O5/c1-15-12-17(28(30)31)7-9-19(15)22-11-8-18(32-22)14-26-27-25(29)24-13-21-20-5-3-2-4-16(20)6-10-23(21)33-24/h2-14H,1H3,(H,27,29)/b26-14-. The third kappa shape index (κ3) is 3.85. The van der Waals surface area contributed by atoms with Gasteiger partial charge in [0.15, 0.2) is 5.76 Å². The fraction of sp³-hybridized carbons (Fsp3) is 0.0400. The third-order valence-corrected chi connectivity index (χ3v) is 5.32. The number of carbonyl (C=O) groups is 1. The summed E-state index contributed by atoms with van der Waals surface area (Å²) in [6.45, 7) is 1.77. The summed E-state index contributed by atoms with van der Waals surface area (Å²) in [7, 11) is 0. The molecule has 0 aliphatic heterocycles. The Hall–Kier alpha value is -4.72. The lowest BCUT2D eigenvalue weighted by Crippen LogP contribution is -2.16. The molecule has 2 aromatic heterocycles. The molecule has 5 aromatic rings. The van der Waals surface area contributed by atoms with Crippen LogP contribution in [0.1, 0.15) is 21.9 Å². The molecule has 33 heavy (non-hydrogen) atoms. The van der Waals surface area contributed by atoms with Gasteiger partial charge in [-0.25, -0.2) is 5.43 Å². The van der Waals surface area contributed by atoms with E-state index in [0.717, 1.165) is 21.7 Å². The minimum atomic E-state index is -0.482. The molecule has 0 aliphatic carbocycles. The van der Waals surface area contributed by atoms with Gasteiger partial charge in [-0.15, -0.1) is 0 Å². The number of nitrogens with one attached hydrogen (secondary N) is 1. The van der Waals surface area contributed by atoms with Gasteiger partial charge < -0.3 is 8.83 Å². The Morgan fingerprint density at radius 2 is 1.85 bits per heavy atom. The van der Waals surface area contributed by atoms with Crippen molar-refractivity contribution in [2.75, 3.05) is 0 Å². The number of aryl methyl sites for hydroxylation is 1. The zero-order valence-electron chi connectivity index (χ0n) is 17.4. The van der Waals surface area contributed by atoms with Crippen LogP contribution < -0.4 is 5.43 Å². The van der Waals surface area contributed by atoms with Crippen LogP contribution in [-0.2, 0) is 0 Å². The molecule has 0 atom stereocenters. The van der Waals surface area contributed by atoms with Crippen molar-refractivity contribution < 1.29 is 18.6 Å². The lowest BCUT2D eigenvalue weighted by Gasteiger charge is -2.02. The third-order valence-electron chi connectivity index (χ3n) is 5.32. The van der Waals surface area contributed by atoms with E-state index < -0.39 is 10.8 Å². The molecule has 3 aromatic carbocycles. The number of nitro benzene ring substituents is 1. The molecule has 0 unspecified atom stereocenters. The van der Waals surface area contributed by atoms with E-state index in [1.165, 1.54) is 18.3 Å². The number of hydrazone groups is 1. The molecule has 162 valence electrons. The van der Waals surface area contributed by atoms with Gasteiger partial charge in [0.2, 0.25) is 0 Å². The van der Waals surface area contributed by atoms with Crippen LogP contribution in [-0.4, -0.2) is 17.0 Å².